The second-order valence-electron chi connectivity index (χ2n) is 7.31. The van der Waals surface area contributed by atoms with E-state index in [0.717, 1.165) is 28.3 Å². The monoisotopic (exact) mass is 402 g/mol. The Morgan fingerprint density at radius 3 is 2.60 bits per heavy atom. The number of phenolic OH excluding ortho intramolecular Hbond substituents is 1. The van der Waals surface area contributed by atoms with Gasteiger partial charge in [-0.1, -0.05) is 30.3 Å². The fourth-order valence-electron chi connectivity index (χ4n) is 4.09. The number of methoxy groups -OCH3 is 2. The zero-order valence-corrected chi connectivity index (χ0v) is 16.8. The third-order valence-electron chi connectivity index (χ3n) is 5.59. The highest BCUT2D eigenvalue weighted by Crippen LogP contribution is 2.48. The molecule has 6 nitrogen and oxygen atoms in total. The van der Waals surface area contributed by atoms with E-state index in [1.807, 2.05) is 53.5 Å². The summed E-state index contributed by atoms with van der Waals surface area (Å²) in [6.07, 6.45) is 0.256. The second kappa shape index (κ2) is 7.30. The molecule has 3 aromatic rings. The summed E-state index contributed by atoms with van der Waals surface area (Å²) in [6.45, 7) is 0. The Hall–Kier alpha value is -3.67. The summed E-state index contributed by atoms with van der Waals surface area (Å²) in [5.74, 6) is 2.47. The van der Waals surface area contributed by atoms with Crippen molar-refractivity contribution < 1.29 is 19.3 Å². The molecule has 152 valence electrons. The quantitative estimate of drug-likeness (QED) is 0.688. The van der Waals surface area contributed by atoms with E-state index in [9.17, 15) is 5.11 Å². The molecule has 3 aromatic carbocycles. The molecule has 0 aliphatic carbocycles. The number of benzene rings is 3. The van der Waals surface area contributed by atoms with Crippen LogP contribution in [-0.4, -0.2) is 30.0 Å². The van der Waals surface area contributed by atoms with E-state index in [2.05, 4.69) is 6.07 Å². The van der Waals surface area contributed by atoms with Gasteiger partial charge in [-0.15, -0.1) is 0 Å². The number of aromatic hydroxyl groups is 1. The van der Waals surface area contributed by atoms with Crippen LogP contribution in [0.3, 0.4) is 0 Å². The Morgan fingerprint density at radius 1 is 0.967 bits per heavy atom. The van der Waals surface area contributed by atoms with Gasteiger partial charge in [0.1, 0.15) is 23.0 Å². The Morgan fingerprint density at radius 2 is 1.77 bits per heavy atom. The molecule has 2 heterocycles. The number of nitrogens with zero attached hydrogens (tertiary/aromatic N) is 2. The molecule has 0 saturated carbocycles. The van der Waals surface area contributed by atoms with E-state index in [-0.39, 0.29) is 11.8 Å². The van der Waals surface area contributed by atoms with E-state index >= 15 is 0 Å². The number of hydrogen-bond acceptors (Lipinski definition) is 6. The lowest BCUT2D eigenvalue weighted by molar-refractivity contribution is -0.0191. The largest absolute Gasteiger partial charge is 0.507 e. The maximum absolute atomic E-state index is 10.5. The predicted molar refractivity (Wildman–Crippen MR) is 113 cm³/mol. The van der Waals surface area contributed by atoms with Gasteiger partial charge in [-0.25, -0.2) is 5.01 Å². The Labute approximate surface area is 174 Å². The molecule has 30 heavy (non-hydrogen) atoms. The highest BCUT2D eigenvalue weighted by Gasteiger charge is 2.41. The van der Waals surface area contributed by atoms with Crippen LogP contribution in [0.15, 0.2) is 71.8 Å². The number of ether oxygens (including phenoxy) is 3. The summed E-state index contributed by atoms with van der Waals surface area (Å²) in [4.78, 5) is 0. The molecule has 6 heteroatoms. The van der Waals surface area contributed by atoms with Crippen LogP contribution >= 0.6 is 0 Å². The fourth-order valence-corrected chi connectivity index (χ4v) is 4.09. The molecule has 0 amide bonds. The maximum Gasteiger partial charge on any atom is 0.214 e. The highest BCUT2D eigenvalue weighted by molar-refractivity contribution is 6.04. The minimum atomic E-state index is -0.398. The van der Waals surface area contributed by atoms with E-state index < -0.39 is 6.23 Å². The van der Waals surface area contributed by atoms with Crippen molar-refractivity contribution in [2.75, 3.05) is 14.2 Å². The first-order chi connectivity index (χ1) is 14.7. The van der Waals surface area contributed by atoms with Gasteiger partial charge >= 0.3 is 0 Å². The number of phenols is 1. The van der Waals surface area contributed by atoms with Crippen LogP contribution < -0.4 is 14.2 Å². The third kappa shape index (κ3) is 3.01. The molecule has 0 fully saturated rings. The molecule has 2 unspecified atom stereocenters. The van der Waals surface area contributed by atoms with Gasteiger partial charge in [0.25, 0.3) is 0 Å². The zero-order valence-electron chi connectivity index (χ0n) is 16.8. The smallest absolute Gasteiger partial charge is 0.214 e. The lowest BCUT2D eigenvalue weighted by Gasteiger charge is -2.38. The van der Waals surface area contributed by atoms with Crippen LogP contribution in [0.4, 0.5) is 0 Å². The van der Waals surface area contributed by atoms with Crippen LogP contribution in [0.1, 0.15) is 35.4 Å². The minimum absolute atomic E-state index is 0.00625. The van der Waals surface area contributed by atoms with Gasteiger partial charge in [0.2, 0.25) is 6.23 Å². The van der Waals surface area contributed by atoms with Crippen molar-refractivity contribution in [1.29, 1.82) is 0 Å². The summed E-state index contributed by atoms with van der Waals surface area (Å²) >= 11 is 0. The highest BCUT2D eigenvalue weighted by atomic mass is 16.5. The first kappa shape index (κ1) is 18.4. The van der Waals surface area contributed by atoms with Crippen LogP contribution in [0, 0.1) is 0 Å². The molecule has 0 spiro atoms. The van der Waals surface area contributed by atoms with Crippen molar-refractivity contribution in [2.45, 2.75) is 18.7 Å². The van der Waals surface area contributed by atoms with E-state index in [0.29, 0.717) is 17.7 Å². The number of hydrazone groups is 1. The van der Waals surface area contributed by atoms with Crippen LogP contribution in [0.2, 0.25) is 0 Å². The van der Waals surface area contributed by atoms with Gasteiger partial charge in [-0.2, -0.15) is 5.10 Å². The molecular formula is C24H22N2O4. The molecule has 2 aliphatic heterocycles. The van der Waals surface area contributed by atoms with Crippen LogP contribution in [0.5, 0.6) is 23.0 Å². The molecular weight excluding hydrogens is 380 g/mol. The minimum Gasteiger partial charge on any atom is -0.507 e. The standard InChI is InChI=1S/C24H22N2O4/c1-28-16-7-5-6-15(12-16)24-26-21(18-8-3-4-9-23(18)30-24)14-20(25-26)19-13-17(29-2)10-11-22(19)27/h3-13,21,24,27H,14H2,1-2H3. The summed E-state index contributed by atoms with van der Waals surface area (Å²) in [7, 11) is 3.26. The number of para-hydroxylation sites is 1. The first-order valence-corrected chi connectivity index (χ1v) is 9.80. The van der Waals surface area contributed by atoms with Crippen molar-refractivity contribution in [3.05, 3.63) is 83.4 Å². The lowest BCUT2D eigenvalue weighted by atomic mass is 9.95. The fraction of sp³-hybridized carbons (Fsp3) is 0.208. The van der Waals surface area contributed by atoms with Crippen molar-refractivity contribution in [1.82, 2.24) is 5.01 Å². The van der Waals surface area contributed by atoms with Gasteiger partial charge in [0.15, 0.2) is 0 Å². The lowest BCUT2D eigenvalue weighted by Crippen LogP contribution is -2.33. The summed E-state index contributed by atoms with van der Waals surface area (Å²) in [6, 6.07) is 21.1. The van der Waals surface area contributed by atoms with E-state index in [1.165, 1.54) is 0 Å². The van der Waals surface area contributed by atoms with E-state index in [1.54, 1.807) is 26.4 Å². The van der Waals surface area contributed by atoms with Gasteiger partial charge in [-0.3, -0.25) is 0 Å². The van der Waals surface area contributed by atoms with Gasteiger partial charge in [0, 0.05) is 23.1 Å². The zero-order chi connectivity index (χ0) is 20.7. The Kier molecular flexibility index (Phi) is 4.47. The maximum atomic E-state index is 10.5. The van der Waals surface area contributed by atoms with E-state index in [4.69, 9.17) is 19.3 Å². The van der Waals surface area contributed by atoms with Crippen molar-refractivity contribution in [3.63, 3.8) is 0 Å². The molecule has 2 aliphatic rings. The van der Waals surface area contributed by atoms with Crippen molar-refractivity contribution in [3.8, 4) is 23.0 Å². The molecule has 0 bridgehead atoms. The Balaban J connectivity index is 1.60. The van der Waals surface area contributed by atoms with Crippen LogP contribution in [0.25, 0.3) is 0 Å². The predicted octanol–water partition coefficient (Wildman–Crippen LogP) is 4.65. The number of hydrogen-bond donors (Lipinski definition) is 1. The number of fused-ring (bicyclic) bond motifs is 3. The third-order valence-corrected chi connectivity index (χ3v) is 5.59. The van der Waals surface area contributed by atoms with Gasteiger partial charge in [0.05, 0.1) is 26.0 Å². The van der Waals surface area contributed by atoms with Gasteiger partial charge in [-0.05, 0) is 36.4 Å². The van der Waals surface area contributed by atoms with Crippen molar-refractivity contribution >= 4 is 5.71 Å². The van der Waals surface area contributed by atoms with Crippen LogP contribution in [-0.2, 0) is 0 Å². The second-order valence-corrected chi connectivity index (χ2v) is 7.31. The average molecular weight is 402 g/mol. The van der Waals surface area contributed by atoms with Crippen molar-refractivity contribution in [2.24, 2.45) is 5.10 Å². The van der Waals surface area contributed by atoms with Gasteiger partial charge < -0.3 is 19.3 Å². The molecule has 1 N–H and O–H groups in total. The summed E-state index contributed by atoms with van der Waals surface area (Å²) < 4.78 is 17.1. The molecule has 0 radical (unpaired) electrons. The molecule has 5 rings (SSSR count). The molecule has 0 aromatic heterocycles. The first-order valence-electron chi connectivity index (χ1n) is 9.80. The Bertz CT molecular complexity index is 1130. The number of rotatable bonds is 4. The summed E-state index contributed by atoms with van der Waals surface area (Å²) in [5.41, 5.74) is 3.50. The SMILES string of the molecule is COc1cccc(C2Oc3ccccc3C3CC(c4cc(OC)ccc4O)=NN32)c1. The molecule has 2 atom stereocenters. The molecule has 0 saturated heterocycles. The average Bonchev–Trinajstić information content (AvgIpc) is 3.24. The topological polar surface area (TPSA) is 63.5 Å². The summed E-state index contributed by atoms with van der Waals surface area (Å²) in [5, 5.41) is 17.3. The normalized spacial score (nSPS) is 19.4.